The normalized spacial score (nSPS) is 18.8. The maximum absolute atomic E-state index is 3.71. The second-order valence-corrected chi connectivity index (χ2v) is 7.25. The molecule has 0 amide bonds. The molecule has 0 saturated carbocycles. The minimum Gasteiger partial charge on any atom is -0.125 e. The smallest absolute Gasteiger partial charge is 0.0107 e. The fourth-order valence-electron chi connectivity index (χ4n) is 2.89. The van der Waals surface area contributed by atoms with Crippen LogP contribution < -0.4 is 0 Å². The van der Waals surface area contributed by atoms with E-state index in [9.17, 15) is 0 Å². The largest absolute Gasteiger partial charge is 0.125 e. The molecule has 104 valence electrons. The highest BCUT2D eigenvalue weighted by Crippen LogP contribution is 2.44. The molecule has 0 spiro atoms. The first kappa shape index (κ1) is 14.2. The van der Waals surface area contributed by atoms with E-state index >= 15 is 0 Å². The van der Waals surface area contributed by atoms with E-state index < -0.39 is 0 Å². The van der Waals surface area contributed by atoms with Crippen LogP contribution >= 0.6 is 27.7 Å². The Labute approximate surface area is 134 Å². The van der Waals surface area contributed by atoms with Crippen molar-refractivity contribution in [3.63, 3.8) is 0 Å². The summed E-state index contributed by atoms with van der Waals surface area (Å²) in [5.74, 6) is 2.53. The van der Waals surface area contributed by atoms with Gasteiger partial charge in [0.1, 0.15) is 0 Å². The van der Waals surface area contributed by atoms with Crippen LogP contribution in [0.4, 0.5) is 0 Å². The van der Waals surface area contributed by atoms with Crippen LogP contribution in [0.2, 0.25) is 0 Å². The molecule has 2 unspecified atom stereocenters. The fraction of sp³-hybridized carbons (Fsp3) is 0.333. The Kier molecular flexibility index (Phi) is 4.52. The van der Waals surface area contributed by atoms with Crippen molar-refractivity contribution in [2.45, 2.75) is 30.1 Å². The maximum atomic E-state index is 3.71. The lowest BCUT2D eigenvalue weighted by molar-refractivity contribution is 0.608. The van der Waals surface area contributed by atoms with Crippen LogP contribution in [-0.4, -0.2) is 11.1 Å². The van der Waals surface area contributed by atoms with Crippen molar-refractivity contribution in [2.24, 2.45) is 0 Å². The number of aryl methyl sites for hydroxylation is 1. The van der Waals surface area contributed by atoms with Gasteiger partial charge in [0.15, 0.2) is 0 Å². The zero-order valence-electron chi connectivity index (χ0n) is 11.7. The zero-order chi connectivity index (χ0) is 13.9. The Morgan fingerprint density at radius 2 is 1.90 bits per heavy atom. The molecular weight excluding hydrogens is 328 g/mol. The van der Waals surface area contributed by atoms with Crippen molar-refractivity contribution in [1.29, 1.82) is 0 Å². The first-order chi connectivity index (χ1) is 9.78. The maximum Gasteiger partial charge on any atom is 0.0107 e. The molecule has 0 N–H and O–H groups in total. The van der Waals surface area contributed by atoms with E-state index in [0.29, 0.717) is 11.8 Å². The summed E-state index contributed by atoms with van der Waals surface area (Å²) < 4.78 is 0. The van der Waals surface area contributed by atoms with Crippen LogP contribution in [0.25, 0.3) is 0 Å². The molecule has 1 aliphatic heterocycles. The van der Waals surface area contributed by atoms with Crippen LogP contribution in [-0.2, 0) is 0 Å². The quantitative estimate of drug-likeness (QED) is 0.634. The van der Waals surface area contributed by atoms with Gasteiger partial charge in [0.05, 0.1) is 0 Å². The molecule has 20 heavy (non-hydrogen) atoms. The molecule has 2 aromatic carbocycles. The minimum atomic E-state index is 0.604. The Morgan fingerprint density at radius 3 is 2.65 bits per heavy atom. The highest BCUT2D eigenvalue weighted by atomic mass is 79.9. The summed E-state index contributed by atoms with van der Waals surface area (Å²) in [5.41, 5.74) is 4.35. The van der Waals surface area contributed by atoms with Gasteiger partial charge < -0.3 is 0 Å². The molecule has 1 aliphatic rings. The first-order valence-electron chi connectivity index (χ1n) is 7.12. The Morgan fingerprint density at radius 1 is 1.15 bits per heavy atom. The third-order valence-corrected chi connectivity index (χ3v) is 6.14. The zero-order valence-corrected chi connectivity index (χ0v) is 14.1. The first-order valence-corrected chi connectivity index (χ1v) is 9.23. The molecule has 0 radical (unpaired) electrons. The number of thioether (sulfide) groups is 1. The number of hydrogen-bond donors (Lipinski definition) is 0. The van der Waals surface area contributed by atoms with E-state index in [1.54, 1.807) is 5.56 Å². The van der Waals surface area contributed by atoms with E-state index in [0.717, 1.165) is 5.33 Å². The van der Waals surface area contributed by atoms with Gasteiger partial charge in [-0.3, -0.25) is 0 Å². The van der Waals surface area contributed by atoms with Crippen molar-refractivity contribution in [2.75, 3.05) is 11.1 Å². The van der Waals surface area contributed by atoms with E-state index in [1.165, 1.54) is 28.2 Å². The van der Waals surface area contributed by atoms with Crippen LogP contribution in [0.3, 0.4) is 0 Å². The topological polar surface area (TPSA) is 0 Å². The van der Waals surface area contributed by atoms with E-state index in [4.69, 9.17) is 0 Å². The van der Waals surface area contributed by atoms with Crippen LogP contribution in [0.15, 0.2) is 53.4 Å². The van der Waals surface area contributed by atoms with E-state index in [2.05, 4.69) is 71.4 Å². The minimum absolute atomic E-state index is 0.604. The predicted octanol–water partition coefficient (Wildman–Crippen LogP) is 5.75. The second kappa shape index (κ2) is 6.36. The highest BCUT2D eigenvalue weighted by Gasteiger charge is 2.25. The Balaban J connectivity index is 1.78. The van der Waals surface area contributed by atoms with Gasteiger partial charge in [0.25, 0.3) is 0 Å². The molecule has 0 aliphatic carbocycles. The van der Waals surface area contributed by atoms with Gasteiger partial charge in [-0.25, -0.2) is 0 Å². The molecule has 0 aromatic heterocycles. The fourth-order valence-corrected chi connectivity index (χ4v) is 4.81. The van der Waals surface area contributed by atoms with Crippen molar-refractivity contribution in [3.8, 4) is 0 Å². The third-order valence-electron chi connectivity index (χ3n) is 4.10. The monoisotopic (exact) mass is 346 g/mol. The molecule has 0 bridgehead atoms. The van der Waals surface area contributed by atoms with Crippen molar-refractivity contribution in [3.05, 3.63) is 65.2 Å². The van der Waals surface area contributed by atoms with Gasteiger partial charge >= 0.3 is 0 Å². The van der Waals surface area contributed by atoms with Gasteiger partial charge in [0.2, 0.25) is 0 Å². The summed E-state index contributed by atoms with van der Waals surface area (Å²) >= 11 is 5.72. The third kappa shape index (κ3) is 2.96. The summed E-state index contributed by atoms with van der Waals surface area (Å²) in [6.07, 6.45) is 1.23. The standard InChI is InChI=1S/C18H19BrS/c1-13-6-8-14(9-7-13)15(11-19)10-16-12-20-18-5-3-2-4-17(16)18/h2-9,15-16H,10-12H2,1H3. The van der Waals surface area contributed by atoms with E-state index in [-0.39, 0.29) is 0 Å². The second-order valence-electron chi connectivity index (χ2n) is 5.54. The molecule has 0 nitrogen and oxygen atoms in total. The van der Waals surface area contributed by atoms with Crippen molar-refractivity contribution in [1.82, 2.24) is 0 Å². The average molecular weight is 347 g/mol. The van der Waals surface area contributed by atoms with Crippen LogP contribution in [0.5, 0.6) is 0 Å². The number of benzene rings is 2. The molecule has 1 heterocycles. The summed E-state index contributed by atoms with van der Waals surface area (Å²) in [6.45, 7) is 2.15. The Hall–Kier alpha value is -0.730. The number of alkyl halides is 1. The number of rotatable bonds is 4. The van der Waals surface area contributed by atoms with Gasteiger partial charge in [-0.05, 0) is 42.4 Å². The summed E-state index contributed by atoms with van der Waals surface area (Å²) in [4.78, 5) is 1.48. The van der Waals surface area contributed by atoms with Gasteiger partial charge in [-0.1, -0.05) is 64.0 Å². The molecule has 2 heteroatoms. The van der Waals surface area contributed by atoms with Crippen LogP contribution in [0.1, 0.15) is 34.9 Å². The van der Waals surface area contributed by atoms with Crippen molar-refractivity contribution < 1.29 is 0 Å². The van der Waals surface area contributed by atoms with Gasteiger partial charge in [0, 0.05) is 16.0 Å². The number of hydrogen-bond acceptors (Lipinski definition) is 1. The molecular formula is C18H19BrS. The lowest BCUT2D eigenvalue weighted by Crippen LogP contribution is -2.07. The van der Waals surface area contributed by atoms with E-state index in [1.807, 2.05) is 11.8 Å². The Bertz CT molecular complexity index is 576. The summed E-state index contributed by atoms with van der Waals surface area (Å²) in [5, 5.41) is 1.04. The molecule has 2 atom stereocenters. The molecule has 0 saturated heterocycles. The molecule has 2 aromatic rings. The number of fused-ring (bicyclic) bond motifs is 1. The predicted molar refractivity (Wildman–Crippen MR) is 92.2 cm³/mol. The summed E-state index contributed by atoms with van der Waals surface area (Å²) in [6, 6.07) is 17.9. The van der Waals surface area contributed by atoms with Crippen molar-refractivity contribution >= 4 is 27.7 Å². The lowest BCUT2D eigenvalue weighted by atomic mass is 9.87. The highest BCUT2D eigenvalue weighted by molar-refractivity contribution is 9.09. The van der Waals surface area contributed by atoms with Gasteiger partial charge in [-0.2, -0.15) is 0 Å². The van der Waals surface area contributed by atoms with Crippen LogP contribution in [0, 0.1) is 6.92 Å². The average Bonchev–Trinajstić information content (AvgIpc) is 2.89. The molecule has 3 rings (SSSR count). The lowest BCUT2D eigenvalue weighted by Gasteiger charge is -2.19. The number of halogens is 1. The SMILES string of the molecule is Cc1ccc(C(CBr)CC2CSc3ccccc32)cc1. The molecule has 0 fully saturated rings. The summed E-state index contributed by atoms with van der Waals surface area (Å²) in [7, 11) is 0. The van der Waals surface area contributed by atoms with Gasteiger partial charge in [-0.15, -0.1) is 11.8 Å².